The summed E-state index contributed by atoms with van der Waals surface area (Å²) in [5.41, 5.74) is 1.72. The van der Waals surface area contributed by atoms with Crippen molar-refractivity contribution >= 4 is 43.8 Å². The first kappa shape index (κ1) is 24.6. The molecular weight excluding hydrogens is 495 g/mol. The number of carbonyl (C=O) groups excluding carboxylic acids is 1. The molecule has 0 aliphatic heterocycles. The molecular formula is C25H22ClFN2O5S. The normalized spacial score (nSPS) is 12.4. The molecule has 4 rings (SSSR count). The Balaban J connectivity index is 1.87. The first-order valence-corrected chi connectivity index (χ1v) is 12.7. The number of fused-ring (bicyclic) bond motifs is 1. The van der Waals surface area contributed by atoms with Crippen LogP contribution < -0.4 is 14.8 Å². The molecule has 1 aromatic heterocycles. The summed E-state index contributed by atoms with van der Waals surface area (Å²) in [6.07, 6.45) is 2.65. The van der Waals surface area contributed by atoms with Crippen LogP contribution in [0.15, 0.2) is 65.7 Å². The molecule has 0 aliphatic rings. The lowest BCUT2D eigenvalue weighted by molar-refractivity contribution is 0.0970. The summed E-state index contributed by atoms with van der Waals surface area (Å²) in [5, 5.41) is 4.26. The number of Topliss-reactive ketones (excluding diaryl/α,β-unsaturated/α-hetero) is 1. The maximum atomic E-state index is 13.9. The number of sulfone groups is 1. The Kier molecular flexibility index (Phi) is 6.73. The van der Waals surface area contributed by atoms with Gasteiger partial charge in [0, 0.05) is 57.3 Å². The van der Waals surface area contributed by atoms with Gasteiger partial charge in [-0.15, -0.1) is 0 Å². The molecule has 35 heavy (non-hydrogen) atoms. The van der Waals surface area contributed by atoms with Crippen LogP contribution in [0.3, 0.4) is 0 Å². The molecule has 0 saturated heterocycles. The molecule has 0 radical (unpaired) electrons. The van der Waals surface area contributed by atoms with Crippen molar-refractivity contribution in [2.24, 2.45) is 0 Å². The second-order valence-electron chi connectivity index (χ2n) is 7.89. The number of anilines is 1. The predicted octanol–water partition coefficient (Wildman–Crippen LogP) is 5.42. The van der Waals surface area contributed by atoms with Crippen molar-refractivity contribution < 1.29 is 27.1 Å². The molecule has 4 aromatic rings. The molecule has 0 saturated carbocycles. The minimum Gasteiger partial charge on any atom is -0.497 e. The van der Waals surface area contributed by atoms with Gasteiger partial charge in [-0.05, 0) is 36.4 Å². The molecule has 3 aromatic carbocycles. The van der Waals surface area contributed by atoms with Crippen molar-refractivity contribution in [1.82, 2.24) is 4.98 Å². The Bertz CT molecular complexity index is 1530. The highest BCUT2D eigenvalue weighted by atomic mass is 35.5. The summed E-state index contributed by atoms with van der Waals surface area (Å²) in [7, 11) is -0.783. The third kappa shape index (κ3) is 5.11. The number of rotatable bonds is 8. The lowest BCUT2D eigenvalue weighted by atomic mass is 9.95. The highest BCUT2D eigenvalue weighted by Gasteiger charge is 2.28. The number of ether oxygens (including phenoxy) is 2. The predicted molar refractivity (Wildman–Crippen MR) is 133 cm³/mol. The standard InChI is InChI=1S/C25H22ClFN2O5S/c1-33-17-10-16(11-18(12-17)35(3,31)32)29-24(20-7-5-15(27)9-23(20)34-2)25(30)21-13-28-22-8-14(26)4-6-19(21)22/h4-13,24,28-29H,1-3H3. The van der Waals surface area contributed by atoms with Gasteiger partial charge in [-0.25, -0.2) is 12.8 Å². The smallest absolute Gasteiger partial charge is 0.191 e. The summed E-state index contributed by atoms with van der Waals surface area (Å²) in [4.78, 5) is 16.9. The van der Waals surface area contributed by atoms with Crippen LogP contribution >= 0.6 is 11.6 Å². The number of nitrogens with one attached hydrogen (secondary N) is 2. The van der Waals surface area contributed by atoms with Gasteiger partial charge in [0.1, 0.15) is 23.4 Å². The highest BCUT2D eigenvalue weighted by Crippen LogP contribution is 2.35. The third-order valence-corrected chi connectivity index (χ3v) is 6.86. The summed E-state index contributed by atoms with van der Waals surface area (Å²) in [6.45, 7) is 0. The minimum absolute atomic E-state index is 0.0124. The van der Waals surface area contributed by atoms with Crippen molar-refractivity contribution in [1.29, 1.82) is 0 Å². The number of hydrogen-bond donors (Lipinski definition) is 2. The van der Waals surface area contributed by atoms with Crippen LogP contribution in [0.5, 0.6) is 11.5 Å². The summed E-state index contributed by atoms with van der Waals surface area (Å²) < 4.78 is 49.0. The molecule has 0 amide bonds. The number of methoxy groups -OCH3 is 2. The average Bonchev–Trinajstić information content (AvgIpc) is 3.24. The Morgan fingerprint density at radius 1 is 1.06 bits per heavy atom. The first-order valence-electron chi connectivity index (χ1n) is 10.4. The number of aromatic amines is 1. The van der Waals surface area contributed by atoms with Crippen LogP contribution in [0.1, 0.15) is 22.0 Å². The number of halogens is 2. The maximum absolute atomic E-state index is 13.9. The van der Waals surface area contributed by atoms with Gasteiger partial charge < -0.3 is 19.8 Å². The van der Waals surface area contributed by atoms with E-state index in [1.54, 1.807) is 30.5 Å². The summed E-state index contributed by atoms with van der Waals surface area (Å²) >= 11 is 6.08. The van der Waals surface area contributed by atoms with Crippen molar-refractivity contribution in [2.45, 2.75) is 10.9 Å². The van der Waals surface area contributed by atoms with E-state index in [-0.39, 0.29) is 22.2 Å². The molecule has 10 heteroatoms. The van der Waals surface area contributed by atoms with E-state index in [9.17, 15) is 17.6 Å². The highest BCUT2D eigenvalue weighted by molar-refractivity contribution is 7.90. The maximum Gasteiger partial charge on any atom is 0.191 e. The van der Waals surface area contributed by atoms with Gasteiger partial charge in [0.15, 0.2) is 15.6 Å². The zero-order valence-corrected chi connectivity index (χ0v) is 20.6. The molecule has 1 heterocycles. The quantitative estimate of drug-likeness (QED) is 0.304. The van der Waals surface area contributed by atoms with E-state index in [4.69, 9.17) is 21.1 Å². The Hall–Kier alpha value is -3.56. The zero-order valence-electron chi connectivity index (χ0n) is 19.1. The fourth-order valence-corrected chi connectivity index (χ4v) is 4.66. The van der Waals surface area contributed by atoms with Gasteiger partial charge >= 0.3 is 0 Å². The second-order valence-corrected chi connectivity index (χ2v) is 10.3. The van der Waals surface area contributed by atoms with E-state index in [0.717, 1.165) is 6.26 Å². The number of benzene rings is 3. The molecule has 0 bridgehead atoms. The number of carbonyl (C=O) groups is 1. The van der Waals surface area contributed by atoms with Crippen LogP contribution in [-0.4, -0.2) is 39.7 Å². The number of ketones is 1. The largest absolute Gasteiger partial charge is 0.497 e. The van der Waals surface area contributed by atoms with Crippen molar-refractivity contribution in [3.8, 4) is 11.5 Å². The van der Waals surface area contributed by atoms with Gasteiger partial charge in [0.25, 0.3) is 0 Å². The van der Waals surface area contributed by atoms with E-state index in [0.29, 0.717) is 32.7 Å². The molecule has 182 valence electrons. The molecule has 2 N–H and O–H groups in total. The van der Waals surface area contributed by atoms with Gasteiger partial charge in [0.2, 0.25) is 0 Å². The van der Waals surface area contributed by atoms with Crippen molar-refractivity contribution in [3.63, 3.8) is 0 Å². The zero-order chi connectivity index (χ0) is 25.3. The van der Waals surface area contributed by atoms with E-state index >= 15 is 0 Å². The van der Waals surface area contributed by atoms with Crippen LogP contribution in [0.4, 0.5) is 10.1 Å². The first-order chi connectivity index (χ1) is 16.6. The summed E-state index contributed by atoms with van der Waals surface area (Å²) in [6, 6.07) is 12.3. The lowest BCUT2D eigenvalue weighted by Gasteiger charge is -2.22. The molecule has 1 unspecified atom stereocenters. The third-order valence-electron chi connectivity index (χ3n) is 5.53. The Labute approximate surface area is 206 Å². The van der Waals surface area contributed by atoms with E-state index in [2.05, 4.69) is 10.3 Å². The van der Waals surface area contributed by atoms with Crippen molar-refractivity contribution in [3.05, 3.63) is 82.8 Å². The molecule has 1 atom stereocenters. The Morgan fingerprint density at radius 3 is 2.51 bits per heavy atom. The average molecular weight is 517 g/mol. The number of H-pyrrole nitrogens is 1. The topological polar surface area (TPSA) is 97.5 Å². The van der Waals surface area contributed by atoms with Gasteiger partial charge in [-0.1, -0.05) is 17.7 Å². The second kappa shape index (κ2) is 9.59. The molecule has 0 fully saturated rings. The summed E-state index contributed by atoms with van der Waals surface area (Å²) in [5.74, 6) is -0.439. The monoisotopic (exact) mass is 516 g/mol. The van der Waals surface area contributed by atoms with E-state index in [1.807, 2.05) is 0 Å². The fourth-order valence-electron chi connectivity index (χ4n) is 3.82. The number of aromatic nitrogens is 1. The van der Waals surface area contributed by atoms with Crippen LogP contribution in [0.25, 0.3) is 10.9 Å². The molecule has 0 aliphatic carbocycles. The Morgan fingerprint density at radius 2 is 1.83 bits per heavy atom. The number of hydrogen-bond acceptors (Lipinski definition) is 6. The SMILES string of the molecule is COc1cc(NC(C(=O)c2c[nH]c3cc(Cl)ccc23)c2ccc(F)cc2OC)cc(S(C)(=O)=O)c1. The lowest BCUT2D eigenvalue weighted by Crippen LogP contribution is -2.22. The molecule has 7 nitrogen and oxygen atoms in total. The van der Waals surface area contributed by atoms with Gasteiger partial charge in [-0.2, -0.15) is 0 Å². The molecule has 0 spiro atoms. The fraction of sp³-hybridized carbons (Fsp3) is 0.160. The van der Waals surface area contributed by atoms with Gasteiger partial charge in [-0.3, -0.25) is 4.79 Å². The van der Waals surface area contributed by atoms with Crippen molar-refractivity contribution in [2.75, 3.05) is 25.8 Å². The van der Waals surface area contributed by atoms with E-state index < -0.39 is 21.7 Å². The minimum atomic E-state index is -3.57. The van der Waals surface area contributed by atoms with Crippen LogP contribution in [0, 0.1) is 5.82 Å². The van der Waals surface area contributed by atoms with E-state index in [1.165, 1.54) is 44.6 Å². The van der Waals surface area contributed by atoms with Crippen LogP contribution in [0.2, 0.25) is 5.02 Å². The van der Waals surface area contributed by atoms with Crippen LogP contribution in [-0.2, 0) is 9.84 Å². The van der Waals surface area contributed by atoms with Gasteiger partial charge in [0.05, 0.1) is 19.1 Å².